The predicted octanol–water partition coefficient (Wildman–Crippen LogP) is 1.84. The highest BCUT2D eigenvalue weighted by molar-refractivity contribution is 6.92. The number of amides is 1. The fraction of sp³-hybridized carbons (Fsp3) is 0.829. The van der Waals surface area contributed by atoms with E-state index >= 15 is 0 Å². The van der Waals surface area contributed by atoms with Crippen molar-refractivity contribution in [1.82, 2.24) is 5.32 Å². The minimum Gasteiger partial charge on any atom is -0.460 e. The van der Waals surface area contributed by atoms with Crippen LogP contribution in [0.15, 0.2) is 0 Å². The van der Waals surface area contributed by atoms with E-state index in [2.05, 4.69) is 24.3 Å². The van der Waals surface area contributed by atoms with Gasteiger partial charge >= 0.3 is 29.8 Å². The van der Waals surface area contributed by atoms with Crippen molar-refractivity contribution in [2.45, 2.75) is 91.9 Å². The van der Waals surface area contributed by atoms with Crippen LogP contribution in [0.2, 0.25) is 0 Å². The maximum atomic E-state index is 11.4. The molecule has 0 spiro atoms. The summed E-state index contributed by atoms with van der Waals surface area (Å²) in [6.07, 6.45) is 7.88. The summed E-state index contributed by atoms with van der Waals surface area (Å²) in [7, 11) is 0. The monoisotopic (exact) mass is 787 g/mol. The molecule has 1 atom stereocenters. The molecular formula is C35H70N3O14P. The molecule has 314 valence electrons. The highest BCUT2D eigenvalue weighted by Crippen LogP contribution is 2.00. The molecule has 0 aromatic heterocycles. The molecule has 0 saturated heterocycles. The number of esters is 4. The van der Waals surface area contributed by atoms with Crippen molar-refractivity contribution in [2.75, 3.05) is 98.9 Å². The lowest BCUT2D eigenvalue weighted by Gasteiger charge is -2.06. The Morgan fingerprint density at radius 2 is 0.755 bits per heavy atom. The van der Waals surface area contributed by atoms with Gasteiger partial charge in [0.05, 0.1) is 26.4 Å². The van der Waals surface area contributed by atoms with Crippen LogP contribution in [0.5, 0.6) is 0 Å². The van der Waals surface area contributed by atoms with E-state index in [0.29, 0.717) is 58.9 Å². The van der Waals surface area contributed by atoms with Crippen molar-refractivity contribution in [1.29, 1.82) is 0 Å². The molecule has 0 aromatic carbocycles. The fourth-order valence-corrected chi connectivity index (χ4v) is 3.42. The van der Waals surface area contributed by atoms with Crippen LogP contribution in [0.3, 0.4) is 0 Å². The van der Waals surface area contributed by atoms with Crippen molar-refractivity contribution in [3.05, 3.63) is 0 Å². The number of carbonyl (C=O) groups excluding carboxylic acids is 6. The van der Waals surface area contributed by atoms with E-state index in [-0.39, 0.29) is 42.7 Å². The lowest BCUT2D eigenvalue weighted by Crippen LogP contribution is -2.33. The Labute approximate surface area is 319 Å². The quantitative estimate of drug-likeness (QED) is 0.0309. The zero-order valence-corrected chi connectivity index (χ0v) is 34.2. The second kappa shape index (κ2) is 47.2. The highest BCUT2D eigenvalue weighted by Gasteiger charge is 2.15. The second-order valence-corrected chi connectivity index (χ2v) is 10.5. The van der Waals surface area contributed by atoms with Crippen LogP contribution in [0.1, 0.15) is 91.9 Å². The lowest BCUT2D eigenvalue weighted by atomic mass is 10.2. The Kier molecular flexibility index (Phi) is 50.7. The standard InChI is InChI=1S/C19H33NO8.C10H24N2O2.C6H10O4.H3P/c1-3-27-18(23)16(21)10-5-6-12-25-13-7-8-14-26-15-9-11-20-17(22)19(24)28-4-2;11-5-3-9-13-7-1-2-8-14-10-4-6-12;1-3-9-5(7)6(8)10-4-2;/h3-15H2,1-2H3,(H,20,22);1-12H2;3-4H2,1-2H3;1H3. The van der Waals surface area contributed by atoms with Crippen LogP contribution in [0, 0.1) is 0 Å². The molecule has 0 saturated carbocycles. The third-order valence-electron chi connectivity index (χ3n) is 6.02. The van der Waals surface area contributed by atoms with E-state index in [1.807, 2.05) is 0 Å². The summed E-state index contributed by atoms with van der Waals surface area (Å²) in [6.45, 7) is 14.6. The zero-order valence-electron chi connectivity index (χ0n) is 32.8. The number of carbonyl (C=O) groups is 6. The van der Waals surface area contributed by atoms with E-state index in [1.54, 1.807) is 27.7 Å². The fourth-order valence-electron chi connectivity index (χ4n) is 3.42. The van der Waals surface area contributed by atoms with E-state index in [4.69, 9.17) is 30.4 Å². The molecule has 0 aliphatic carbocycles. The van der Waals surface area contributed by atoms with E-state index < -0.39 is 35.6 Å². The number of nitrogens with one attached hydrogen (secondary N) is 1. The Morgan fingerprint density at radius 1 is 0.434 bits per heavy atom. The third-order valence-corrected chi connectivity index (χ3v) is 6.02. The van der Waals surface area contributed by atoms with E-state index in [0.717, 1.165) is 71.4 Å². The van der Waals surface area contributed by atoms with Gasteiger partial charge in [-0.15, -0.1) is 0 Å². The van der Waals surface area contributed by atoms with Crippen LogP contribution >= 0.6 is 9.90 Å². The number of ketones is 1. The molecule has 0 aromatic rings. The maximum absolute atomic E-state index is 11.4. The third kappa shape index (κ3) is 45.3. The largest absolute Gasteiger partial charge is 0.460 e. The summed E-state index contributed by atoms with van der Waals surface area (Å²) in [6, 6.07) is 0. The Hall–Kier alpha value is -2.79. The smallest absolute Gasteiger partial charge is 0.417 e. The first-order valence-electron chi connectivity index (χ1n) is 18.4. The summed E-state index contributed by atoms with van der Waals surface area (Å²) < 4.78 is 39.5. The minimum absolute atomic E-state index is 0. The van der Waals surface area contributed by atoms with Gasteiger partial charge in [-0.2, -0.15) is 9.90 Å². The van der Waals surface area contributed by atoms with Gasteiger partial charge in [0.1, 0.15) is 0 Å². The first kappa shape index (κ1) is 56.9. The summed E-state index contributed by atoms with van der Waals surface area (Å²) in [5.74, 6) is -4.70. The molecule has 5 N–H and O–H groups in total. The molecule has 1 amide bonds. The zero-order chi connectivity index (χ0) is 39.5. The Balaban J connectivity index is -0.000000398. The van der Waals surface area contributed by atoms with Crippen molar-refractivity contribution in [2.24, 2.45) is 11.5 Å². The molecule has 0 aliphatic heterocycles. The molecule has 0 rings (SSSR count). The summed E-state index contributed by atoms with van der Waals surface area (Å²) in [4.78, 5) is 65.7. The minimum atomic E-state index is -0.927. The Morgan fingerprint density at radius 3 is 1.13 bits per heavy atom. The van der Waals surface area contributed by atoms with Crippen LogP contribution in [-0.2, 0) is 66.7 Å². The van der Waals surface area contributed by atoms with E-state index in [1.165, 1.54) is 0 Å². The van der Waals surface area contributed by atoms with Gasteiger partial charge in [-0.3, -0.25) is 9.59 Å². The number of nitrogens with two attached hydrogens (primary N) is 2. The van der Waals surface area contributed by atoms with Crippen LogP contribution in [0.4, 0.5) is 0 Å². The van der Waals surface area contributed by atoms with Crippen LogP contribution < -0.4 is 16.8 Å². The number of hydrogen-bond donors (Lipinski definition) is 3. The highest BCUT2D eigenvalue weighted by atomic mass is 31.0. The van der Waals surface area contributed by atoms with Crippen molar-refractivity contribution < 1.29 is 66.7 Å². The van der Waals surface area contributed by atoms with Gasteiger partial charge < -0.3 is 54.7 Å². The molecule has 18 heteroatoms. The van der Waals surface area contributed by atoms with Gasteiger partial charge in [0.15, 0.2) is 0 Å². The lowest BCUT2D eigenvalue weighted by molar-refractivity contribution is -0.167. The normalized spacial score (nSPS) is 9.92. The van der Waals surface area contributed by atoms with Gasteiger partial charge in [-0.05, 0) is 98.6 Å². The summed E-state index contributed by atoms with van der Waals surface area (Å²) in [5.41, 5.74) is 10.7. The molecular weight excluding hydrogens is 717 g/mol. The number of rotatable bonds is 30. The molecule has 53 heavy (non-hydrogen) atoms. The van der Waals surface area contributed by atoms with Gasteiger partial charge in [0, 0.05) is 65.8 Å². The SMILES string of the molecule is CCOC(=O)C(=O)CCCCOCCCCOCCCNC(=O)C(=O)OCC.CCOC(=O)C(=O)OCC.NCCCOCCCCOCCCN.P. The van der Waals surface area contributed by atoms with Crippen molar-refractivity contribution in [3.63, 3.8) is 0 Å². The first-order valence-corrected chi connectivity index (χ1v) is 18.4. The summed E-state index contributed by atoms with van der Waals surface area (Å²) >= 11 is 0. The van der Waals surface area contributed by atoms with Crippen molar-refractivity contribution in [3.8, 4) is 0 Å². The van der Waals surface area contributed by atoms with Crippen LogP contribution in [0.25, 0.3) is 0 Å². The topological polar surface area (TPSA) is 240 Å². The number of hydrogen-bond acceptors (Lipinski definition) is 16. The molecule has 0 heterocycles. The average molecular weight is 788 g/mol. The molecule has 0 aliphatic rings. The van der Waals surface area contributed by atoms with Gasteiger partial charge in [-0.1, -0.05) is 0 Å². The number of unbranched alkanes of at least 4 members (excludes halogenated alkanes) is 3. The van der Waals surface area contributed by atoms with Gasteiger partial charge in [-0.25, -0.2) is 19.2 Å². The van der Waals surface area contributed by atoms with Crippen LogP contribution in [-0.4, -0.2) is 134 Å². The molecule has 0 bridgehead atoms. The van der Waals surface area contributed by atoms with Gasteiger partial charge in [0.2, 0.25) is 5.78 Å². The predicted molar refractivity (Wildman–Crippen MR) is 203 cm³/mol. The van der Waals surface area contributed by atoms with Gasteiger partial charge in [0.25, 0.3) is 0 Å². The molecule has 0 fully saturated rings. The summed E-state index contributed by atoms with van der Waals surface area (Å²) in [5, 5.41) is 2.46. The van der Waals surface area contributed by atoms with E-state index in [9.17, 15) is 28.8 Å². The average Bonchev–Trinajstić information content (AvgIpc) is 3.13. The molecule has 1 unspecified atom stereocenters. The number of ether oxygens (including phenoxy) is 8. The number of Topliss-reactive ketones (excluding diaryl/α,β-unsaturated/α-hetero) is 1. The molecule has 17 nitrogen and oxygen atoms in total. The molecule has 0 radical (unpaired) electrons. The maximum Gasteiger partial charge on any atom is 0.417 e. The second-order valence-electron chi connectivity index (χ2n) is 10.5. The Bertz CT molecular complexity index is 830. The van der Waals surface area contributed by atoms with Crippen molar-refractivity contribution >= 4 is 45.5 Å². The first-order chi connectivity index (χ1) is 25.2.